The van der Waals surface area contributed by atoms with Crippen molar-refractivity contribution in [3.05, 3.63) is 33.6 Å². The summed E-state index contributed by atoms with van der Waals surface area (Å²) in [5, 5.41) is 3.67. The van der Waals surface area contributed by atoms with Crippen LogP contribution in [0.5, 0.6) is 17.2 Å². The third-order valence-electron chi connectivity index (χ3n) is 5.80. The van der Waals surface area contributed by atoms with E-state index < -0.39 is 0 Å². The molecule has 0 spiro atoms. The van der Waals surface area contributed by atoms with E-state index in [1.165, 1.54) is 11.8 Å². The molecule has 0 amide bonds. The Morgan fingerprint density at radius 3 is 2.58 bits per heavy atom. The van der Waals surface area contributed by atoms with Crippen LogP contribution in [0.15, 0.2) is 21.9 Å². The number of aliphatic imine (C=N–C) groups is 1. The van der Waals surface area contributed by atoms with Crippen molar-refractivity contribution >= 4 is 22.6 Å². The Morgan fingerprint density at radius 1 is 1.19 bits per heavy atom. The lowest BCUT2D eigenvalue weighted by Crippen LogP contribution is -2.35. The van der Waals surface area contributed by atoms with Gasteiger partial charge in [0.15, 0.2) is 17.3 Å². The van der Waals surface area contributed by atoms with Gasteiger partial charge in [-0.15, -0.1) is 0 Å². The van der Waals surface area contributed by atoms with Crippen LogP contribution in [0.3, 0.4) is 0 Å². The summed E-state index contributed by atoms with van der Waals surface area (Å²) in [4.78, 5) is 17.9. The number of thioether (sulfide) groups is 1. The molecule has 1 N–H and O–H groups in total. The van der Waals surface area contributed by atoms with Gasteiger partial charge in [0, 0.05) is 12.2 Å². The average molecular weight is 448 g/mol. The zero-order chi connectivity index (χ0) is 22.3. The van der Waals surface area contributed by atoms with E-state index in [1.54, 1.807) is 21.3 Å². The van der Waals surface area contributed by atoms with Crippen molar-refractivity contribution in [3.8, 4) is 17.2 Å². The fourth-order valence-electron chi connectivity index (χ4n) is 4.44. The standard InChI is InChI=1S/C22H29N3O5S/c1-12-23-20-16(21(26)24-25(20)13-9-10-30-22(2,3)11-13)19(31-12)14-7-8-15(27-4)18(29-6)17(14)28-5/h7-8,13,19H,9-11H2,1-6H3,(H,24,26). The van der Waals surface area contributed by atoms with Gasteiger partial charge in [0.1, 0.15) is 0 Å². The van der Waals surface area contributed by atoms with Crippen molar-refractivity contribution in [1.29, 1.82) is 0 Å². The van der Waals surface area contributed by atoms with E-state index in [1.807, 2.05) is 23.7 Å². The van der Waals surface area contributed by atoms with E-state index in [4.69, 9.17) is 23.9 Å². The highest BCUT2D eigenvalue weighted by molar-refractivity contribution is 8.14. The number of rotatable bonds is 5. The van der Waals surface area contributed by atoms with E-state index in [0.29, 0.717) is 35.2 Å². The van der Waals surface area contributed by atoms with E-state index >= 15 is 0 Å². The van der Waals surface area contributed by atoms with Crippen LogP contribution in [-0.4, -0.2) is 48.4 Å². The molecular formula is C22H29N3O5S. The summed E-state index contributed by atoms with van der Waals surface area (Å²) < 4.78 is 24.5. The van der Waals surface area contributed by atoms with Crippen LogP contribution >= 0.6 is 11.8 Å². The highest BCUT2D eigenvalue weighted by atomic mass is 32.2. The molecule has 0 radical (unpaired) electrons. The molecule has 1 aromatic carbocycles. The van der Waals surface area contributed by atoms with Crippen LogP contribution in [0.2, 0.25) is 0 Å². The summed E-state index contributed by atoms with van der Waals surface area (Å²) in [6, 6.07) is 3.88. The maximum Gasteiger partial charge on any atom is 0.271 e. The maximum absolute atomic E-state index is 13.2. The molecule has 2 atom stereocenters. The third kappa shape index (κ3) is 3.85. The van der Waals surface area contributed by atoms with Gasteiger partial charge in [0.05, 0.1) is 48.8 Å². The summed E-state index contributed by atoms with van der Waals surface area (Å²) >= 11 is 1.53. The molecule has 8 nitrogen and oxygen atoms in total. The van der Waals surface area contributed by atoms with Crippen molar-refractivity contribution in [2.75, 3.05) is 27.9 Å². The molecule has 1 saturated heterocycles. The van der Waals surface area contributed by atoms with E-state index in [0.717, 1.165) is 23.4 Å². The quantitative estimate of drug-likeness (QED) is 0.739. The van der Waals surface area contributed by atoms with Gasteiger partial charge in [-0.3, -0.25) is 14.6 Å². The fraction of sp³-hybridized carbons (Fsp3) is 0.545. The molecule has 2 unspecified atom stereocenters. The fourth-order valence-corrected chi connectivity index (χ4v) is 5.57. The minimum atomic E-state index is -0.278. The van der Waals surface area contributed by atoms with Gasteiger partial charge in [-0.25, -0.2) is 4.99 Å². The SMILES string of the molecule is COc1ccc(C2SC(C)=Nc3c2c(=O)[nH]n3C2CCOC(C)(C)C2)c(OC)c1OC. The van der Waals surface area contributed by atoms with Gasteiger partial charge in [0.2, 0.25) is 5.75 Å². The minimum Gasteiger partial charge on any atom is -0.493 e. The zero-order valence-corrected chi connectivity index (χ0v) is 19.6. The zero-order valence-electron chi connectivity index (χ0n) is 18.8. The highest BCUT2D eigenvalue weighted by Gasteiger charge is 2.37. The predicted molar refractivity (Wildman–Crippen MR) is 122 cm³/mol. The second kappa shape index (κ2) is 8.27. The van der Waals surface area contributed by atoms with Crippen molar-refractivity contribution in [1.82, 2.24) is 9.78 Å². The van der Waals surface area contributed by atoms with Gasteiger partial charge < -0.3 is 18.9 Å². The molecule has 2 aliphatic heterocycles. The minimum absolute atomic E-state index is 0.118. The van der Waals surface area contributed by atoms with Gasteiger partial charge in [-0.1, -0.05) is 11.8 Å². The van der Waals surface area contributed by atoms with E-state index in [2.05, 4.69) is 18.9 Å². The molecule has 3 heterocycles. The first kappa shape index (κ1) is 21.8. The number of hydrogen-bond acceptors (Lipinski definition) is 7. The summed E-state index contributed by atoms with van der Waals surface area (Å²) in [5.74, 6) is 2.32. The molecule has 4 rings (SSSR count). The van der Waals surface area contributed by atoms with E-state index in [9.17, 15) is 4.79 Å². The van der Waals surface area contributed by atoms with Crippen LogP contribution in [0.1, 0.15) is 56.0 Å². The second-order valence-corrected chi connectivity index (χ2v) is 9.65. The van der Waals surface area contributed by atoms with Crippen molar-refractivity contribution in [2.24, 2.45) is 4.99 Å². The Labute approximate surface area is 185 Å². The number of H-pyrrole nitrogens is 1. The van der Waals surface area contributed by atoms with Crippen LogP contribution in [-0.2, 0) is 4.74 Å². The Hall–Kier alpha value is -2.39. The molecule has 0 bridgehead atoms. The van der Waals surface area contributed by atoms with Gasteiger partial charge in [0.25, 0.3) is 5.56 Å². The van der Waals surface area contributed by atoms with Crippen molar-refractivity contribution in [3.63, 3.8) is 0 Å². The van der Waals surface area contributed by atoms with Crippen LogP contribution < -0.4 is 19.8 Å². The molecule has 0 saturated carbocycles. The number of aromatic amines is 1. The number of benzene rings is 1. The second-order valence-electron chi connectivity index (χ2n) is 8.36. The summed E-state index contributed by atoms with van der Waals surface area (Å²) in [7, 11) is 4.75. The largest absolute Gasteiger partial charge is 0.493 e. The molecule has 2 aliphatic rings. The van der Waals surface area contributed by atoms with E-state index in [-0.39, 0.29) is 22.5 Å². The molecule has 31 heavy (non-hydrogen) atoms. The van der Waals surface area contributed by atoms with Crippen molar-refractivity contribution in [2.45, 2.75) is 50.5 Å². The molecule has 9 heteroatoms. The average Bonchev–Trinajstić information content (AvgIpc) is 3.07. The number of ether oxygens (including phenoxy) is 4. The first-order valence-corrected chi connectivity index (χ1v) is 11.2. The highest BCUT2D eigenvalue weighted by Crippen LogP contribution is 2.51. The molecule has 2 aromatic rings. The van der Waals surface area contributed by atoms with Gasteiger partial charge in [-0.05, 0) is 45.7 Å². The summed E-state index contributed by atoms with van der Waals surface area (Å²) in [5.41, 5.74) is 1.09. The lowest BCUT2D eigenvalue weighted by molar-refractivity contribution is -0.0705. The number of aromatic nitrogens is 2. The summed E-state index contributed by atoms with van der Waals surface area (Å²) in [6.07, 6.45) is 1.63. The number of nitrogens with zero attached hydrogens (tertiary/aromatic N) is 2. The Morgan fingerprint density at radius 2 is 1.94 bits per heavy atom. The van der Waals surface area contributed by atoms with Gasteiger partial charge in [-0.2, -0.15) is 0 Å². The molecule has 168 valence electrons. The molecular weight excluding hydrogens is 418 g/mol. The lowest BCUT2D eigenvalue weighted by Gasteiger charge is -2.36. The van der Waals surface area contributed by atoms with Gasteiger partial charge >= 0.3 is 0 Å². The topological polar surface area (TPSA) is 87.1 Å². The van der Waals surface area contributed by atoms with Crippen LogP contribution in [0, 0.1) is 0 Å². The van der Waals surface area contributed by atoms with Crippen LogP contribution in [0.25, 0.3) is 0 Å². The van der Waals surface area contributed by atoms with Crippen molar-refractivity contribution < 1.29 is 18.9 Å². The normalized spacial score (nSPS) is 22.5. The molecule has 1 aromatic heterocycles. The first-order chi connectivity index (χ1) is 14.8. The smallest absolute Gasteiger partial charge is 0.271 e. The maximum atomic E-state index is 13.2. The number of methoxy groups -OCH3 is 3. The third-order valence-corrected chi connectivity index (χ3v) is 6.96. The van der Waals surface area contributed by atoms with Crippen LogP contribution in [0.4, 0.5) is 5.82 Å². The Kier molecular flexibility index (Phi) is 5.83. The number of fused-ring (bicyclic) bond motifs is 1. The molecule has 1 fully saturated rings. The number of hydrogen-bond donors (Lipinski definition) is 1. The Balaban J connectivity index is 1.85. The first-order valence-electron chi connectivity index (χ1n) is 10.3. The monoisotopic (exact) mass is 447 g/mol. The summed E-state index contributed by atoms with van der Waals surface area (Å²) in [6.45, 7) is 6.77. The lowest BCUT2D eigenvalue weighted by atomic mass is 9.94. The Bertz CT molecular complexity index is 1070. The predicted octanol–water partition coefficient (Wildman–Crippen LogP) is 4.22. The number of nitrogens with one attached hydrogen (secondary N) is 1. The molecule has 0 aliphatic carbocycles.